The molecule has 2 aromatic heterocycles. The van der Waals surface area contributed by atoms with Gasteiger partial charge in [0.05, 0.1) is 19.3 Å². The smallest absolute Gasteiger partial charge is 0.350 e. The van der Waals surface area contributed by atoms with Crippen LogP contribution in [0.2, 0.25) is 0 Å². The van der Waals surface area contributed by atoms with Gasteiger partial charge in [-0.2, -0.15) is 0 Å². The maximum Gasteiger partial charge on any atom is 0.350 e. The molecule has 0 aliphatic carbocycles. The molecule has 90 valence electrons. The summed E-state index contributed by atoms with van der Waals surface area (Å²) in [6.45, 7) is 2.53. The van der Waals surface area contributed by atoms with Crippen molar-refractivity contribution in [3.63, 3.8) is 0 Å². The first kappa shape index (κ1) is 12.1. The van der Waals surface area contributed by atoms with Gasteiger partial charge in [0.2, 0.25) is 0 Å². The summed E-state index contributed by atoms with van der Waals surface area (Å²) in [4.78, 5) is 17.5. The monoisotopic (exact) mass is 268 g/mol. The number of nitrogens with zero attached hydrogens (tertiary/aromatic N) is 1. The highest BCUT2D eigenvalue weighted by Crippen LogP contribution is 2.24. The fourth-order valence-corrected chi connectivity index (χ4v) is 2.85. The molecule has 0 atom stereocenters. The Bertz CT molecular complexity index is 506. The normalized spacial score (nSPS) is 10.2. The lowest BCUT2D eigenvalue weighted by Crippen LogP contribution is -1.99. The van der Waals surface area contributed by atoms with Crippen LogP contribution in [-0.2, 0) is 11.3 Å². The van der Waals surface area contributed by atoms with Gasteiger partial charge in [0.15, 0.2) is 5.13 Å². The van der Waals surface area contributed by atoms with Gasteiger partial charge in [0, 0.05) is 4.88 Å². The summed E-state index contributed by atoms with van der Waals surface area (Å²) in [5, 5.41) is 5.98. The molecule has 0 unspecified atom stereocenters. The summed E-state index contributed by atoms with van der Waals surface area (Å²) in [5.41, 5.74) is 0.704. The molecular weight excluding hydrogens is 256 g/mol. The van der Waals surface area contributed by atoms with Crippen LogP contribution >= 0.6 is 22.7 Å². The second-order valence-electron chi connectivity index (χ2n) is 3.36. The second-order valence-corrected chi connectivity index (χ2v) is 5.39. The van der Waals surface area contributed by atoms with E-state index in [4.69, 9.17) is 0 Å². The molecule has 0 aliphatic heterocycles. The van der Waals surface area contributed by atoms with E-state index in [1.807, 2.05) is 11.4 Å². The maximum absolute atomic E-state index is 11.4. The quantitative estimate of drug-likeness (QED) is 0.866. The minimum Gasteiger partial charge on any atom is -0.465 e. The minimum absolute atomic E-state index is 0.329. The van der Waals surface area contributed by atoms with Crippen LogP contribution in [-0.4, -0.2) is 18.1 Å². The lowest BCUT2D eigenvalue weighted by atomic mass is 10.4. The third kappa shape index (κ3) is 2.83. The van der Waals surface area contributed by atoms with Gasteiger partial charge in [-0.15, -0.1) is 11.3 Å². The van der Waals surface area contributed by atoms with Gasteiger partial charge >= 0.3 is 5.97 Å². The molecule has 6 heteroatoms. The number of aryl methyl sites for hydroxylation is 1. The number of methoxy groups -OCH3 is 1. The molecule has 0 amide bonds. The van der Waals surface area contributed by atoms with Crippen molar-refractivity contribution in [2.45, 2.75) is 13.5 Å². The van der Waals surface area contributed by atoms with E-state index < -0.39 is 0 Å². The Morgan fingerprint density at radius 1 is 1.59 bits per heavy atom. The van der Waals surface area contributed by atoms with Gasteiger partial charge in [0.1, 0.15) is 4.88 Å². The van der Waals surface area contributed by atoms with E-state index in [-0.39, 0.29) is 5.97 Å². The molecule has 1 N–H and O–H groups in total. The van der Waals surface area contributed by atoms with Gasteiger partial charge < -0.3 is 10.1 Å². The predicted octanol–water partition coefficient (Wildman–Crippen LogP) is 2.91. The van der Waals surface area contributed by atoms with Crippen LogP contribution in [0.25, 0.3) is 0 Å². The number of nitrogens with one attached hydrogen (secondary N) is 1. The fraction of sp³-hybridized carbons (Fsp3) is 0.273. The van der Waals surface area contributed by atoms with Crippen LogP contribution in [0, 0.1) is 6.92 Å². The number of ether oxygens (including phenoxy) is 1. The van der Waals surface area contributed by atoms with Gasteiger partial charge in [-0.25, -0.2) is 9.78 Å². The Labute approximate surface area is 107 Å². The Morgan fingerprint density at radius 3 is 3.06 bits per heavy atom. The molecule has 2 aromatic rings. The number of rotatable bonds is 4. The van der Waals surface area contributed by atoms with E-state index in [9.17, 15) is 4.79 Å². The zero-order valence-corrected chi connectivity index (χ0v) is 11.2. The van der Waals surface area contributed by atoms with E-state index in [0.717, 1.165) is 11.7 Å². The summed E-state index contributed by atoms with van der Waals surface area (Å²) < 4.78 is 4.69. The number of hydrogen-bond acceptors (Lipinski definition) is 6. The van der Waals surface area contributed by atoms with Crippen molar-refractivity contribution in [1.82, 2.24) is 4.98 Å². The van der Waals surface area contributed by atoms with Crippen molar-refractivity contribution in [3.8, 4) is 0 Å². The summed E-state index contributed by atoms with van der Waals surface area (Å²) in [5.74, 6) is -0.329. The molecule has 2 heterocycles. The van der Waals surface area contributed by atoms with Crippen LogP contribution in [0.15, 0.2) is 17.5 Å². The first-order valence-electron chi connectivity index (χ1n) is 5.02. The van der Waals surface area contributed by atoms with Gasteiger partial charge in [0.25, 0.3) is 0 Å². The Balaban J connectivity index is 2.05. The van der Waals surface area contributed by atoms with Crippen molar-refractivity contribution < 1.29 is 9.53 Å². The highest BCUT2D eigenvalue weighted by Gasteiger charge is 2.15. The van der Waals surface area contributed by atoms with E-state index in [1.54, 1.807) is 18.3 Å². The molecule has 0 radical (unpaired) electrons. The number of carbonyl (C=O) groups excluding carboxylic acids is 1. The Kier molecular flexibility index (Phi) is 3.75. The average molecular weight is 268 g/mol. The number of hydrogen-bond donors (Lipinski definition) is 1. The third-order valence-corrected chi connectivity index (χ3v) is 4.13. The second kappa shape index (κ2) is 5.29. The molecule has 0 saturated heterocycles. The molecule has 0 saturated carbocycles. The number of thiazole rings is 1. The summed E-state index contributed by atoms with van der Waals surface area (Å²) in [6, 6.07) is 4.06. The SMILES string of the molecule is COC(=O)c1sc(NCc2cccs2)nc1C. The minimum atomic E-state index is -0.329. The van der Waals surface area contributed by atoms with E-state index in [0.29, 0.717) is 10.6 Å². The third-order valence-electron chi connectivity index (χ3n) is 2.16. The number of thiophene rings is 1. The number of esters is 1. The van der Waals surface area contributed by atoms with E-state index in [2.05, 4.69) is 21.1 Å². The van der Waals surface area contributed by atoms with Crippen molar-refractivity contribution in [2.75, 3.05) is 12.4 Å². The molecule has 0 bridgehead atoms. The molecule has 0 aromatic carbocycles. The molecular formula is C11H12N2O2S2. The molecule has 4 nitrogen and oxygen atoms in total. The fourth-order valence-electron chi connectivity index (χ4n) is 1.33. The predicted molar refractivity (Wildman–Crippen MR) is 69.8 cm³/mol. The highest BCUT2D eigenvalue weighted by atomic mass is 32.1. The molecule has 0 spiro atoms. The summed E-state index contributed by atoms with van der Waals surface area (Å²) in [6.07, 6.45) is 0. The van der Waals surface area contributed by atoms with Crippen molar-refractivity contribution >= 4 is 33.8 Å². The number of aromatic nitrogens is 1. The van der Waals surface area contributed by atoms with Crippen LogP contribution in [0.5, 0.6) is 0 Å². The zero-order valence-electron chi connectivity index (χ0n) is 9.52. The molecule has 0 aliphatic rings. The van der Waals surface area contributed by atoms with Crippen molar-refractivity contribution in [3.05, 3.63) is 33.0 Å². The van der Waals surface area contributed by atoms with E-state index in [1.165, 1.54) is 23.3 Å². The lowest BCUT2D eigenvalue weighted by Gasteiger charge is -1.98. The Morgan fingerprint density at radius 2 is 2.41 bits per heavy atom. The average Bonchev–Trinajstić information content (AvgIpc) is 2.94. The van der Waals surface area contributed by atoms with Crippen LogP contribution in [0.3, 0.4) is 0 Å². The largest absolute Gasteiger partial charge is 0.465 e. The number of anilines is 1. The molecule has 0 fully saturated rings. The van der Waals surface area contributed by atoms with Gasteiger partial charge in [-0.3, -0.25) is 0 Å². The van der Waals surface area contributed by atoms with Gasteiger partial charge in [-0.05, 0) is 18.4 Å². The topological polar surface area (TPSA) is 51.2 Å². The first-order chi connectivity index (χ1) is 8.20. The zero-order chi connectivity index (χ0) is 12.3. The summed E-state index contributed by atoms with van der Waals surface area (Å²) in [7, 11) is 1.38. The molecule has 17 heavy (non-hydrogen) atoms. The first-order valence-corrected chi connectivity index (χ1v) is 6.72. The van der Waals surface area contributed by atoms with Crippen LogP contribution < -0.4 is 5.32 Å². The number of carbonyl (C=O) groups is 1. The Hall–Kier alpha value is -1.40. The maximum atomic E-state index is 11.4. The standard InChI is InChI=1S/C11H12N2O2S2/c1-7-9(10(14)15-2)17-11(13-7)12-6-8-4-3-5-16-8/h3-5H,6H2,1-2H3,(H,12,13). The van der Waals surface area contributed by atoms with Crippen molar-refractivity contribution in [2.24, 2.45) is 0 Å². The van der Waals surface area contributed by atoms with Gasteiger partial charge in [-0.1, -0.05) is 17.4 Å². The van der Waals surface area contributed by atoms with Crippen LogP contribution in [0.4, 0.5) is 5.13 Å². The summed E-state index contributed by atoms with van der Waals surface area (Å²) >= 11 is 3.01. The van der Waals surface area contributed by atoms with Crippen molar-refractivity contribution in [1.29, 1.82) is 0 Å². The molecule has 2 rings (SSSR count). The van der Waals surface area contributed by atoms with Crippen LogP contribution in [0.1, 0.15) is 20.2 Å². The highest BCUT2D eigenvalue weighted by molar-refractivity contribution is 7.17. The lowest BCUT2D eigenvalue weighted by molar-refractivity contribution is 0.0605. The van der Waals surface area contributed by atoms with E-state index >= 15 is 0 Å².